The van der Waals surface area contributed by atoms with Gasteiger partial charge in [-0.15, -0.1) is 11.3 Å². The average Bonchev–Trinajstić information content (AvgIpc) is 2.81. The van der Waals surface area contributed by atoms with Crippen LogP contribution < -0.4 is 5.73 Å². The van der Waals surface area contributed by atoms with Crippen molar-refractivity contribution >= 4 is 16.5 Å². The van der Waals surface area contributed by atoms with Crippen LogP contribution in [-0.2, 0) is 6.42 Å². The number of anilines is 1. The predicted octanol–water partition coefficient (Wildman–Crippen LogP) is 4.12. The topological polar surface area (TPSA) is 38.9 Å². The van der Waals surface area contributed by atoms with Crippen molar-refractivity contribution in [3.8, 4) is 11.3 Å². The van der Waals surface area contributed by atoms with Gasteiger partial charge >= 0.3 is 0 Å². The summed E-state index contributed by atoms with van der Waals surface area (Å²) in [5.74, 6) is -0.249. The number of thiazole rings is 1. The molecule has 100 valence electrons. The summed E-state index contributed by atoms with van der Waals surface area (Å²) in [6.45, 7) is 0. The van der Waals surface area contributed by atoms with E-state index in [4.69, 9.17) is 5.73 Å². The van der Waals surface area contributed by atoms with Crippen molar-refractivity contribution in [1.29, 1.82) is 0 Å². The van der Waals surface area contributed by atoms with E-state index in [1.165, 1.54) is 29.0 Å². The zero-order chi connectivity index (χ0) is 13.9. The first kappa shape index (κ1) is 12.8. The molecule has 0 aliphatic heterocycles. The number of nitrogens with zero attached hydrogens (tertiary/aromatic N) is 1. The Morgan fingerprint density at radius 2 is 1.70 bits per heavy atom. The lowest BCUT2D eigenvalue weighted by atomic mass is 10.1. The molecular formula is C16H13FN2S. The highest BCUT2D eigenvalue weighted by Gasteiger charge is 2.12. The maximum Gasteiger partial charge on any atom is 0.180 e. The molecule has 0 radical (unpaired) electrons. The fourth-order valence-electron chi connectivity index (χ4n) is 2.10. The van der Waals surface area contributed by atoms with Crippen LogP contribution >= 0.6 is 11.3 Å². The predicted molar refractivity (Wildman–Crippen MR) is 81.2 cm³/mol. The fraction of sp³-hybridized carbons (Fsp3) is 0.0625. The molecule has 0 atom stereocenters. The molecule has 0 amide bonds. The van der Waals surface area contributed by atoms with Gasteiger partial charge in [-0.3, -0.25) is 0 Å². The second-order valence-electron chi connectivity index (χ2n) is 4.49. The quantitative estimate of drug-likeness (QED) is 0.785. The lowest BCUT2D eigenvalue weighted by Gasteiger charge is -2.03. The lowest BCUT2D eigenvalue weighted by molar-refractivity contribution is 0.628. The van der Waals surface area contributed by atoms with Crippen LogP contribution in [0.25, 0.3) is 11.3 Å². The van der Waals surface area contributed by atoms with E-state index >= 15 is 0 Å². The standard InChI is InChI=1S/C16H13FN2S/c17-13-8-6-12(7-9-13)15-14(20-16(18)19-15)10-11-4-2-1-3-5-11/h1-9H,10H2,(H2,18,19). The smallest absolute Gasteiger partial charge is 0.180 e. The molecular weight excluding hydrogens is 271 g/mol. The van der Waals surface area contributed by atoms with Crippen molar-refractivity contribution in [1.82, 2.24) is 4.98 Å². The second-order valence-corrected chi connectivity index (χ2v) is 5.61. The van der Waals surface area contributed by atoms with Crippen LogP contribution in [0.3, 0.4) is 0 Å². The molecule has 0 fully saturated rings. The molecule has 1 heterocycles. The Labute approximate surface area is 120 Å². The molecule has 20 heavy (non-hydrogen) atoms. The molecule has 0 aliphatic carbocycles. The maximum atomic E-state index is 13.0. The summed E-state index contributed by atoms with van der Waals surface area (Å²) in [5, 5.41) is 0.537. The lowest BCUT2D eigenvalue weighted by Crippen LogP contribution is -1.89. The van der Waals surface area contributed by atoms with Crippen molar-refractivity contribution < 1.29 is 4.39 Å². The van der Waals surface area contributed by atoms with Crippen LogP contribution in [-0.4, -0.2) is 4.98 Å². The van der Waals surface area contributed by atoms with Crippen LogP contribution in [0, 0.1) is 5.82 Å². The Morgan fingerprint density at radius 3 is 2.40 bits per heavy atom. The van der Waals surface area contributed by atoms with Crippen molar-refractivity contribution in [3.63, 3.8) is 0 Å². The van der Waals surface area contributed by atoms with Crippen molar-refractivity contribution in [2.45, 2.75) is 6.42 Å². The summed E-state index contributed by atoms with van der Waals surface area (Å²) < 4.78 is 13.0. The highest BCUT2D eigenvalue weighted by molar-refractivity contribution is 7.15. The van der Waals surface area contributed by atoms with E-state index in [9.17, 15) is 4.39 Å². The number of nitrogen functional groups attached to an aromatic ring is 1. The van der Waals surface area contributed by atoms with E-state index in [-0.39, 0.29) is 5.82 Å². The van der Waals surface area contributed by atoms with Gasteiger partial charge < -0.3 is 5.73 Å². The minimum atomic E-state index is -0.249. The van der Waals surface area contributed by atoms with Gasteiger partial charge in [0.25, 0.3) is 0 Å². The van der Waals surface area contributed by atoms with Gasteiger partial charge in [0.15, 0.2) is 5.13 Å². The highest BCUT2D eigenvalue weighted by Crippen LogP contribution is 2.31. The third-order valence-electron chi connectivity index (χ3n) is 3.04. The fourth-order valence-corrected chi connectivity index (χ4v) is 2.99. The van der Waals surface area contributed by atoms with Gasteiger partial charge in [0.2, 0.25) is 0 Å². The number of hydrogen-bond donors (Lipinski definition) is 1. The van der Waals surface area contributed by atoms with Crippen molar-refractivity contribution in [3.05, 3.63) is 70.9 Å². The van der Waals surface area contributed by atoms with Crippen molar-refractivity contribution in [2.24, 2.45) is 0 Å². The first-order chi connectivity index (χ1) is 9.72. The molecule has 0 spiro atoms. The number of aromatic nitrogens is 1. The molecule has 2 aromatic carbocycles. The SMILES string of the molecule is Nc1nc(-c2ccc(F)cc2)c(Cc2ccccc2)s1. The van der Waals surface area contributed by atoms with Gasteiger partial charge in [0, 0.05) is 16.9 Å². The minimum absolute atomic E-state index is 0.249. The number of nitrogens with two attached hydrogens (primary N) is 1. The van der Waals surface area contributed by atoms with Gasteiger partial charge in [-0.2, -0.15) is 0 Å². The van der Waals surface area contributed by atoms with E-state index in [2.05, 4.69) is 17.1 Å². The van der Waals surface area contributed by atoms with Crippen LogP contribution in [0.4, 0.5) is 9.52 Å². The molecule has 0 bridgehead atoms. The molecule has 3 rings (SSSR count). The first-order valence-corrected chi connectivity index (χ1v) is 7.09. The van der Waals surface area contributed by atoms with Crippen LogP contribution in [0.15, 0.2) is 54.6 Å². The Bertz CT molecular complexity index is 705. The molecule has 0 aliphatic rings. The van der Waals surface area contributed by atoms with Crippen LogP contribution in [0.1, 0.15) is 10.4 Å². The first-order valence-electron chi connectivity index (χ1n) is 6.27. The third-order valence-corrected chi connectivity index (χ3v) is 3.92. The summed E-state index contributed by atoms with van der Waals surface area (Å²) in [4.78, 5) is 5.48. The van der Waals surface area contributed by atoms with E-state index in [0.717, 1.165) is 22.6 Å². The monoisotopic (exact) mass is 284 g/mol. The van der Waals surface area contributed by atoms with Gasteiger partial charge in [0.05, 0.1) is 5.69 Å². The number of hydrogen-bond acceptors (Lipinski definition) is 3. The Hall–Kier alpha value is -2.20. The molecule has 4 heteroatoms. The van der Waals surface area contributed by atoms with E-state index in [1.54, 1.807) is 12.1 Å². The van der Waals surface area contributed by atoms with Gasteiger partial charge in [-0.05, 0) is 29.8 Å². The maximum absolute atomic E-state index is 13.0. The van der Waals surface area contributed by atoms with E-state index < -0.39 is 0 Å². The van der Waals surface area contributed by atoms with Crippen LogP contribution in [0.5, 0.6) is 0 Å². The molecule has 2 N–H and O–H groups in total. The molecule has 0 saturated heterocycles. The van der Waals surface area contributed by atoms with Crippen molar-refractivity contribution in [2.75, 3.05) is 5.73 Å². The molecule has 2 nitrogen and oxygen atoms in total. The third kappa shape index (κ3) is 2.70. The van der Waals surface area contributed by atoms with Gasteiger partial charge in [-0.1, -0.05) is 30.3 Å². The number of benzene rings is 2. The second kappa shape index (κ2) is 5.43. The van der Waals surface area contributed by atoms with E-state index in [0.29, 0.717) is 5.13 Å². The summed E-state index contributed by atoms with van der Waals surface area (Å²) in [6.07, 6.45) is 0.780. The largest absolute Gasteiger partial charge is 0.375 e. The Morgan fingerprint density at radius 1 is 1.00 bits per heavy atom. The average molecular weight is 284 g/mol. The highest BCUT2D eigenvalue weighted by atomic mass is 32.1. The Balaban J connectivity index is 1.98. The normalized spacial score (nSPS) is 10.7. The summed E-state index contributed by atoms with van der Waals surface area (Å²) in [7, 11) is 0. The summed E-state index contributed by atoms with van der Waals surface area (Å²) >= 11 is 1.48. The van der Waals surface area contributed by atoms with E-state index in [1.807, 2.05) is 18.2 Å². The van der Waals surface area contributed by atoms with Gasteiger partial charge in [0.1, 0.15) is 5.82 Å². The molecule has 0 saturated carbocycles. The zero-order valence-electron chi connectivity index (χ0n) is 10.7. The van der Waals surface area contributed by atoms with Gasteiger partial charge in [-0.25, -0.2) is 9.37 Å². The molecule has 3 aromatic rings. The number of rotatable bonds is 3. The Kier molecular flexibility index (Phi) is 3.48. The summed E-state index contributed by atoms with van der Waals surface area (Å²) in [5.41, 5.74) is 8.78. The van der Waals surface area contributed by atoms with Crippen LogP contribution in [0.2, 0.25) is 0 Å². The minimum Gasteiger partial charge on any atom is -0.375 e. The number of halogens is 1. The zero-order valence-corrected chi connectivity index (χ0v) is 11.5. The molecule has 1 aromatic heterocycles. The summed E-state index contributed by atoms with van der Waals surface area (Å²) in [6, 6.07) is 16.5. The molecule has 0 unspecified atom stereocenters.